The number of carbonyl (C=O) groups is 1. The highest BCUT2D eigenvalue weighted by atomic mass is 32.2. The van der Waals surface area contributed by atoms with Crippen molar-refractivity contribution in [3.63, 3.8) is 0 Å². The smallest absolute Gasteiger partial charge is 0.253 e. The van der Waals surface area contributed by atoms with Gasteiger partial charge < -0.3 is 15.8 Å². The monoisotopic (exact) mass is 313 g/mol. The second-order valence-corrected chi connectivity index (χ2v) is 6.93. The summed E-state index contributed by atoms with van der Waals surface area (Å²) in [4.78, 5) is 13.7. The first-order valence-corrected chi connectivity index (χ1v) is 8.09. The number of sulfone groups is 1. The largest absolute Gasteiger partial charge is 0.409 e. The van der Waals surface area contributed by atoms with Gasteiger partial charge in [-0.25, -0.2) is 8.42 Å². The van der Waals surface area contributed by atoms with Crippen molar-refractivity contribution < 1.29 is 18.4 Å². The van der Waals surface area contributed by atoms with Gasteiger partial charge in [0.1, 0.15) is 5.84 Å². The maximum absolute atomic E-state index is 12.3. The summed E-state index contributed by atoms with van der Waals surface area (Å²) < 4.78 is 23.0. The number of nitrogens with two attached hydrogens (primary N) is 1. The molecule has 0 aliphatic rings. The van der Waals surface area contributed by atoms with Crippen LogP contribution in [0.1, 0.15) is 17.3 Å². The third-order valence-electron chi connectivity index (χ3n) is 3.02. The van der Waals surface area contributed by atoms with Gasteiger partial charge in [-0.15, -0.1) is 0 Å². The van der Waals surface area contributed by atoms with Crippen molar-refractivity contribution in [3.8, 4) is 0 Å². The molecule has 0 saturated carbocycles. The van der Waals surface area contributed by atoms with Gasteiger partial charge in [0.2, 0.25) is 0 Å². The number of oxime groups is 1. The topological polar surface area (TPSA) is 113 Å². The summed E-state index contributed by atoms with van der Waals surface area (Å²) in [5.41, 5.74) is 5.74. The predicted molar refractivity (Wildman–Crippen MR) is 79.1 cm³/mol. The molecule has 1 rings (SSSR count). The van der Waals surface area contributed by atoms with Crippen molar-refractivity contribution in [2.24, 2.45) is 16.8 Å². The summed E-state index contributed by atoms with van der Waals surface area (Å²) in [7, 11) is -1.80. The highest BCUT2D eigenvalue weighted by Crippen LogP contribution is 2.13. The lowest BCUT2D eigenvalue weighted by Crippen LogP contribution is -2.36. The van der Waals surface area contributed by atoms with Gasteiger partial charge in [0, 0.05) is 31.3 Å². The van der Waals surface area contributed by atoms with Crippen molar-refractivity contribution in [2.75, 3.05) is 19.8 Å². The fourth-order valence-electron chi connectivity index (χ4n) is 1.77. The Labute approximate surface area is 124 Å². The molecule has 116 valence electrons. The van der Waals surface area contributed by atoms with Crippen LogP contribution in [0.4, 0.5) is 0 Å². The molecule has 3 N–H and O–H groups in total. The molecule has 0 aliphatic heterocycles. The number of hydrogen-bond acceptors (Lipinski definition) is 5. The van der Waals surface area contributed by atoms with Crippen LogP contribution in [0, 0.1) is 5.92 Å². The van der Waals surface area contributed by atoms with E-state index in [1.54, 1.807) is 20.0 Å². The average Bonchev–Trinajstić information content (AvgIpc) is 2.44. The Morgan fingerprint density at radius 1 is 1.48 bits per heavy atom. The molecule has 0 heterocycles. The Bertz CT molecular complexity index is 655. The lowest BCUT2D eigenvalue weighted by Gasteiger charge is -2.21. The van der Waals surface area contributed by atoms with Crippen molar-refractivity contribution in [1.29, 1.82) is 0 Å². The van der Waals surface area contributed by atoms with E-state index in [0.29, 0.717) is 0 Å². The molecule has 0 bridgehead atoms. The van der Waals surface area contributed by atoms with E-state index in [1.807, 2.05) is 0 Å². The van der Waals surface area contributed by atoms with Crippen LogP contribution >= 0.6 is 0 Å². The summed E-state index contributed by atoms with van der Waals surface area (Å²) in [6.07, 6.45) is 1.08. The first-order chi connectivity index (χ1) is 9.66. The normalized spacial score (nSPS) is 13.8. The molecule has 1 unspecified atom stereocenters. The summed E-state index contributed by atoms with van der Waals surface area (Å²) in [6, 6.07) is 5.83. The molecule has 0 fully saturated rings. The molecule has 0 saturated heterocycles. The van der Waals surface area contributed by atoms with Crippen LogP contribution in [0.25, 0.3) is 0 Å². The fourth-order valence-corrected chi connectivity index (χ4v) is 2.43. The van der Waals surface area contributed by atoms with Gasteiger partial charge in [0.15, 0.2) is 9.84 Å². The van der Waals surface area contributed by atoms with Crippen molar-refractivity contribution in [1.82, 2.24) is 4.90 Å². The van der Waals surface area contributed by atoms with Crippen molar-refractivity contribution in [2.45, 2.75) is 11.8 Å². The van der Waals surface area contributed by atoms with E-state index < -0.39 is 9.84 Å². The molecular formula is C13H19N3O4S. The van der Waals surface area contributed by atoms with Crippen molar-refractivity contribution >= 4 is 21.6 Å². The third-order valence-corrected chi connectivity index (χ3v) is 4.13. The second-order valence-electron chi connectivity index (χ2n) is 4.91. The summed E-state index contributed by atoms with van der Waals surface area (Å²) in [5.74, 6) is -0.625. The molecule has 0 aliphatic carbocycles. The van der Waals surface area contributed by atoms with Gasteiger partial charge >= 0.3 is 0 Å². The van der Waals surface area contributed by atoms with E-state index in [9.17, 15) is 13.2 Å². The van der Waals surface area contributed by atoms with E-state index >= 15 is 0 Å². The Kier molecular flexibility index (Phi) is 5.31. The van der Waals surface area contributed by atoms with E-state index in [-0.39, 0.29) is 34.7 Å². The van der Waals surface area contributed by atoms with Gasteiger partial charge in [-0.05, 0) is 18.2 Å². The second kappa shape index (κ2) is 6.57. The van der Waals surface area contributed by atoms with E-state index in [2.05, 4.69) is 5.16 Å². The molecule has 1 atom stereocenters. The number of carbonyl (C=O) groups excluding carboxylic acids is 1. The summed E-state index contributed by atoms with van der Waals surface area (Å²) in [6.45, 7) is 1.96. The quantitative estimate of drug-likeness (QED) is 0.356. The van der Waals surface area contributed by atoms with Gasteiger partial charge in [0.25, 0.3) is 5.91 Å². The van der Waals surface area contributed by atoms with Gasteiger partial charge in [-0.3, -0.25) is 4.79 Å². The highest BCUT2D eigenvalue weighted by Gasteiger charge is 2.18. The molecule has 1 aromatic carbocycles. The first kappa shape index (κ1) is 17.0. The molecule has 0 aromatic heterocycles. The lowest BCUT2D eigenvalue weighted by molar-refractivity contribution is 0.0786. The Balaban J connectivity index is 2.94. The van der Waals surface area contributed by atoms with E-state index in [0.717, 1.165) is 6.26 Å². The van der Waals surface area contributed by atoms with Crippen LogP contribution in [0.2, 0.25) is 0 Å². The Morgan fingerprint density at radius 2 is 2.10 bits per heavy atom. The SMILES string of the molecule is CC(CN(C)C(=O)c1cccc(S(C)(=O)=O)c1)C(N)=NO. The Hall–Kier alpha value is -2.09. The number of rotatable bonds is 5. The van der Waals surface area contributed by atoms with E-state index in [1.165, 1.54) is 23.1 Å². The zero-order chi connectivity index (χ0) is 16.2. The Morgan fingerprint density at radius 3 is 2.62 bits per heavy atom. The van der Waals surface area contributed by atoms with Crippen LogP contribution in [-0.2, 0) is 9.84 Å². The standard InChI is InChI=1S/C13H19N3O4S/c1-9(12(14)15-18)8-16(2)13(17)10-5-4-6-11(7-10)21(3,19)20/h4-7,9,18H,8H2,1-3H3,(H2,14,15). The lowest BCUT2D eigenvalue weighted by atomic mass is 10.1. The number of hydrogen-bond donors (Lipinski definition) is 2. The minimum atomic E-state index is -3.37. The molecule has 0 radical (unpaired) electrons. The zero-order valence-corrected chi connectivity index (χ0v) is 13.0. The van der Waals surface area contributed by atoms with E-state index in [4.69, 9.17) is 10.9 Å². The van der Waals surface area contributed by atoms with Gasteiger partial charge in [0.05, 0.1) is 4.90 Å². The number of nitrogens with zero attached hydrogens (tertiary/aromatic N) is 2. The molecular weight excluding hydrogens is 294 g/mol. The van der Waals surface area contributed by atoms with Crippen LogP contribution in [0.5, 0.6) is 0 Å². The molecule has 1 aromatic rings. The maximum Gasteiger partial charge on any atom is 0.253 e. The van der Waals surface area contributed by atoms with Crippen LogP contribution in [0.3, 0.4) is 0 Å². The zero-order valence-electron chi connectivity index (χ0n) is 12.1. The average molecular weight is 313 g/mol. The highest BCUT2D eigenvalue weighted by molar-refractivity contribution is 7.90. The van der Waals surface area contributed by atoms with Crippen LogP contribution in [-0.4, -0.2) is 50.1 Å². The third kappa shape index (κ3) is 4.45. The minimum absolute atomic E-state index is 0.0273. The molecule has 21 heavy (non-hydrogen) atoms. The number of amidine groups is 1. The molecule has 8 heteroatoms. The summed E-state index contributed by atoms with van der Waals surface area (Å²) >= 11 is 0. The fraction of sp³-hybridized carbons (Fsp3) is 0.385. The van der Waals surface area contributed by atoms with Crippen LogP contribution < -0.4 is 5.73 Å². The van der Waals surface area contributed by atoms with Crippen molar-refractivity contribution in [3.05, 3.63) is 29.8 Å². The van der Waals surface area contributed by atoms with Crippen LogP contribution in [0.15, 0.2) is 34.3 Å². The molecule has 7 nitrogen and oxygen atoms in total. The molecule has 1 amide bonds. The molecule has 0 spiro atoms. The van der Waals surface area contributed by atoms with Gasteiger partial charge in [-0.1, -0.05) is 18.1 Å². The van der Waals surface area contributed by atoms with Gasteiger partial charge in [-0.2, -0.15) is 0 Å². The number of benzene rings is 1. The maximum atomic E-state index is 12.3. The summed E-state index contributed by atoms with van der Waals surface area (Å²) in [5, 5.41) is 11.5. The minimum Gasteiger partial charge on any atom is -0.409 e. The predicted octanol–water partition coefficient (Wildman–Crippen LogP) is 0.545. The first-order valence-electron chi connectivity index (χ1n) is 6.19. The number of amides is 1.